The molecule has 1 unspecified atom stereocenters. The summed E-state index contributed by atoms with van der Waals surface area (Å²) in [5.74, 6) is -1.38. The summed E-state index contributed by atoms with van der Waals surface area (Å²) in [6.07, 6.45) is 1.73. The van der Waals surface area contributed by atoms with Gasteiger partial charge in [-0.2, -0.15) is 0 Å². The molecule has 1 rings (SSSR count). The predicted molar refractivity (Wildman–Crippen MR) is 70.0 cm³/mol. The molecule has 0 aromatic heterocycles. The zero-order valence-corrected chi connectivity index (χ0v) is 11.3. The molecule has 1 aliphatic heterocycles. The fourth-order valence-corrected chi connectivity index (χ4v) is 2.18. The van der Waals surface area contributed by atoms with Gasteiger partial charge in [-0.05, 0) is 18.8 Å². The van der Waals surface area contributed by atoms with Crippen molar-refractivity contribution in [3.63, 3.8) is 0 Å². The normalized spacial score (nSPS) is 18.6. The van der Waals surface area contributed by atoms with Crippen molar-refractivity contribution in [2.24, 2.45) is 11.7 Å². The molecular formula is C12H21N3O5. The molecule has 1 saturated heterocycles. The number of likely N-dealkylation sites (tertiary alicyclic amines) is 1. The minimum Gasteiger partial charge on any atom is -0.481 e. The van der Waals surface area contributed by atoms with E-state index in [-0.39, 0.29) is 38.1 Å². The van der Waals surface area contributed by atoms with E-state index >= 15 is 0 Å². The standard InChI is InChI=1S/C12H21N3O5/c13-10(16)8-20-5-3-14-12(19)15-4-1-2-9(7-15)6-11(17)18/h9H,1-8H2,(H2,13,16)(H,14,19)(H,17,18). The molecule has 0 aromatic rings. The van der Waals surface area contributed by atoms with Gasteiger partial charge >= 0.3 is 12.0 Å². The molecule has 0 aliphatic carbocycles. The van der Waals surface area contributed by atoms with Crippen molar-refractivity contribution < 1.29 is 24.2 Å². The van der Waals surface area contributed by atoms with Crippen LogP contribution in [0.1, 0.15) is 19.3 Å². The number of carbonyl (C=O) groups excluding carboxylic acids is 2. The van der Waals surface area contributed by atoms with Gasteiger partial charge in [0.05, 0.1) is 6.61 Å². The SMILES string of the molecule is NC(=O)COCCNC(=O)N1CCCC(CC(=O)O)C1. The molecule has 0 spiro atoms. The fourth-order valence-electron chi connectivity index (χ4n) is 2.18. The molecular weight excluding hydrogens is 266 g/mol. The third kappa shape index (κ3) is 6.37. The third-order valence-electron chi connectivity index (χ3n) is 3.04. The predicted octanol–water partition coefficient (Wildman–Crippen LogP) is -0.615. The summed E-state index contributed by atoms with van der Waals surface area (Å²) >= 11 is 0. The van der Waals surface area contributed by atoms with Crippen molar-refractivity contribution in [1.82, 2.24) is 10.2 Å². The van der Waals surface area contributed by atoms with Gasteiger partial charge in [0.15, 0.2) is 0 Å². The Hall–Kier alpha value is -1.83. The maximum absolute atomic E-state index is 11.8. The van der Waals surface area contributed by atoms with E-state index in [1.54, 1.807) is 4.90 Å². The highest BCUT2D eigenvalue weighted by Gasteiger charge is 2.24. The number of nitrogens with one attached hydrogen (secondary N) is 1. The molecule has 114 valence electrons. The Bertz CT molecular complexity index is 361. The van der Waals surface area contributed by atoms with Gasteiger partial charge in [0.25, 0.3) is 0 Å². The molecule has 4 N–H and O–H groups in total. The number of urea groups is 1. The molecule has 20 heavy (non-hydrogen) atoms. The lowest BCUT2D eigenvalue weighted by Gasteiger charge is -2.32. The number of carboxylic acid groups (broad SMARTS) is 1. The highest BCUT2D eigenvalue weighted by Crippen LogP contribution is 2.19. The lowest BCUT2D eigenvalue weighted by Crippen LogP contribution is -2.46. The minimum absolute atomic E-state index is 0.0121. The topological polar surface area (TPSA) is 122 Å². The summed E-state index contributed by atoms with van der Waals surface area (Å²) in [6.45, 7) is 1.41. The van der Waals surface area contributed by atoms with E-state index < -0.39 is 11.9 Å². The van der Waals surface area contributed by atoms with E-state index in [0.29, 0.717) is 13.1 Å². The number of aliphatic carboxylic acids is 1. The summed E-state index contributed by atoms with van der Waals surface area (Å²) in [5, 5.41) is 11.4. The van der Waals surface area contributed by atoms with Gasteiger partial charge in [-0.25, -0.2) is 4.79 Å². The van der Waals surface area contributed by atoms with Crippen LogP contribution < -0.4 is 11.1 Å². The van der Waals surface area contributed by atoms with Crippen LogP contribution in [0.2, 0.25) is 0 Å². The number of carboxylic acids is 1. The lowest BCUT2D eigenvalue weighted by molar-refractivity contribution is -0.138. The van der Waals surface area contributed by atoms with Crippen LogP contribution in [0.4, 0.5) is 4.79 Å². The number of rotatable bonds is 7. The van der Waals surface area contributed by atoms with Gasteiger partial charge in [-0.15, -0.1) is 0 Å². The van der Waals surface area contributed by atoms with E-state index in [1.807, 2.05) is 0 Å². The first kappa shape index (κ1) is 16.2. The number of piperidine rings is 1. The zero-order chi connectivity index (χ0) is 15.0. The number of hydrogen-bond donors (Lipinski definition) is 3. The average Bonchev–Trinajstić information content (AvgIpc) is 2.37. The van der Waals surface area contributed by atoms with Crippen LogP contribution in [0, 0.1) is 5.92 Å². The van der Waals surface area contributed by atoms with E-state index in [9.17, 15) is 14.4 Å². The van der Waals surface area contributed by atoms with Gasteiger partial charge in [-0.1, -0.05) is 0 Å². The van der Waals surface area contributed by atoms with Crippen molar-refractivity contribution in [3.8, 4) is 0 Å². The monoisotopic (exact) mass is 287 g/mol. The Morgan fingerprint density at radius 3 is 2.80 bits per heavy atom. The first-order valence-electron chi connectivity index (χ1n) is 6.59. The van der Waals surface area contributed by atoms with Gasteiger partial charge in [-0.3, -0.25) is 9.59 Å². The molecule has 1 atom stereocenters. The first-order chi connectivity index (χ1) is 9.49. The van der Waals surface area contributed by atoms with E-state index in [4.69, 9.17) is 15.6 Å². The van der Waals surface area contributed by atoms with Gasteiger partial charge in [0.2, 0.25) is 5.91 Å². The first-order valence-corrected chi connectivity index (χ1v) is 6.59. The van der Waals surface area contributed by atoms with Crippen LogP contribution in [0.3, 0.4) is 0 Å². The Morgan fingerprint density at radius 1 is 1.40 bits per heavy atom. The number of primary amides is 1. The summed E-state index contributed by atoms with van der Waals surface area (Å²) < 4.78 is 4.92. The fraction of sp³-hybridized carbons (Fsp3) is 0.750. The second kappa shape index (κ2) is 8.36. The number of ether oxygens (including phenoxy) is 1. The molecule has 3 amide bonds. The van der Waals surface area contributed by atoms with E-state index in [0.717, 1.165) is 12.8 Å². The molecule has 0 bridgehead atoms. The summed E-state index contributed by atoms with van der Waals surface area (Å²) in [7, 11) is 0. The Kier molecular flexibility index (Phi) is 6.78. The number of hydrogen-bond acceptors (Lipinski definition) is 4. The van der Waals surface area contributed by atoms with Gasteiger partial charge in [0.1, 0.15) is 6.61 Å². The highest BCUT2D eigenvalue weighted by atomic mass is 16.5. The number of nitrogens with zero attached hydrogens (tertiary/aromatic N) is 1. The van der Waals surface area contributed by atoms with Crippen molar-refractivity contribution >= 4 is 17.9 Å². The molecule has 1 heterocycles. The maximum atomic E-state index is 11.8. The second-order valence-corrected chi connectivity index (χ2v) is 4.80. The molecule has 1 fully saturated rings. The van der Waals surface area contributed by atoms with Crippen molar-refractivity contribution in [2.45, 2.75) is 19.3 Å². The van der Waals surface area contributed by atoms with Gasteiger partial charge < -0.3 is 25.8 Å². The smallest absolute Gasteiger partial charge is 0.317 e. The third-order valence-corrected chi connectivity index (χ3v) is 3.04. The molecule has 0 radical (unpaired) electrons. The lowest BCUT2D eigenvalue weighted by atomic mass is 9.95. The largest absolute Gasteiger partial charge is 0.481 e. The Morgan fingerprint density at radius 2 is 2.15 bits per heavy atom. The van der Waals surface area contributed by atoms with Crippen molar-refractivity contribution in [3.05, 3.63) is 0 Å². The van der Waals surface area contributed by atoms with Crippen LogP contribution in [-0.4, -0.2) is 60.8 Å². The minimum atomic E-state index is -0.836. The summed E-state index contributed by atoms with van der Waals surface area (Å²) in [6, 6.07) is -0.234. The van der Waals surface area contributed by atoms with Crippen molar-refractivity contribution in [1.29, 1.82) is 0 Å². The van der Waals surface area contributed by atoms with E-state index in [1.165, 1.54) is 0 Å². The Labute approximate surface area is 117 Å². The molecule has 0 saturated carbocycles. The maximum Gasteiger partial charge on any atom is 0.317 e. The number of carbonyl (C=O) groups is 3. The van der Waals surface area contributed by atoms with Gasteiger partial charge in [0, 0.05) is 26.1 Å². The van der Waals surface area contributed by atoms with Crippen LogP contribution in [0.15, 0.2) is 0 Å². The van der Waals surface area contributed by atoms with Crippen LogP contribution >= 0.6 is 0 Å². The average molecular weight is 287 g/mol. The molecule has 0 aromatic carbocycles. The van der Waals surface area contributed by atoms with Crippen LogP contribution in [0.5, 0.6) is 0 Å². The number of amides is 3. The quantitative estimate of drug-likeness (QED) is 0.539. The molecule has 8 nitrogen and oxygen atoms in total. The summed E-state index contributed by atoms with van der Waals surface area (Å²) in [5.41, 5.74) is 4.90. The molecule has 1 aliphatic rings. The Balaban J connectivity index is 2.21. The van der Waals surface area contributed by atoms with Crippen LogP contribution in [-0.2, 0) is 14.3 Å². The zero-order valence-electron chi connectivity index (χ0n) is 11.3. The van der Waals surface area contributed by atoms with Crippen molar-refractivity contribution in [2.75, 3.05) is 32.8 Å². The number of nitrogens with two attached hydrogens (primary N) is 1. The summed E-state index contributed by atoms with van der Waals surface area (Å²) in [4.78, 5) is 34.6. The van der Waals surface area contributed by atoms with Crippen LogP contribution in [0.25, 0.3) is 0 Å². The second-order valence-electron chi connectivity index (χ2n) is 4.80. The van der Waals surface area contributed by atoms with E-state index in [2.05, 4.69) is 5.32 Å². The molecule has 8 heteroatoms. The highest BCUT2D eigenvalue weighted by molar-refractivity contribution is 5.75.